The fourth-order valence-electron chi connectivity index (χ4n) is 4.74. The zero-order valence-electron chi connectivity index (χ0n) is 16.4. The number of methoxy groups -OCH3 is 1. The molecule has 4 atom stereocenters. The van der Waals surface area contributed by atoms with Gasteiger partial charge >= 0.3 is 5.97 Å². The van der Waals surface area contributed by atoms with E-state index in [4.69, 9.17) is 4.74 Å². The van der Waals surface area contributed by atoms with Crippen molar-refractivity contribution in [3.8, 4) is 0 Å². The Morgan fingerprint density at radius 3 is 2.62 bits per heavy atom. The van der Waals surface area contributed by atoms with Crippen molar-refractivity contribution in [1.82, 2.24) is 4.90 Å². The van der Waals surface area contributed by atoms with Crippen molar-refractivity contribution < 1.29 is 9.53 Å². The monoisotopic (exact) mass is 353 g/mol. The molecule has 1 aliphatic heterocycles. The summed E-state index contributed by atoms with van der Waals surface area (Å²) in [6.07, 6.45) is 6.76. The van der Waals surface area contributed by atoms with Gasteiger partial charge in [0.15, 0.2) is 0 Å². The second kappa shape index (κ2) is 8.22. The third-order valence-corrected chi connectivity index (χ3v) is 6.08. The molecule has 0 bridgehead atoms. The van der Waals surface area contributed by atoms with Crippen molar-refractivity contribution in [1.29, 1.82) is 0 Å². The zero-order chi connectivity index (χ0) is 18.7. The SMILES string of the molecule is COC(=O)[C@H]1CN(Cc2ccccc2)CC1[C@H]1C=CC=C(C(C)C)C1C. The van der Waals surface area contributed by atoms with Crippen LogP contribution < -0.4 is 0 Å². The van der Waals surface area contributed by atoms with Gasteiger partial charge in [0.05, 0.1) is 13.0 Å². The summed E-state index contributed by atoms with van der Waals surface area (Å²) in [6.45, 7) is 9.44. The van der Waals surface area contributed by atoms with Crippen molar-refractivity contribution >= 4 is 5.97 Å². The Labute approximate surface area is 157 Å². The first-order valence-electron chi connectivity index (χ1n) is 9.73. The lowest BCUT2D eigenvalue weighted by Crippen LogP contribution is -2.33. The standard InChI is InChI=1S/C23H31NO2/c1-16(2)19-11-8-12-20(17(19)3)21-14-24(15-22(21)23(25)26-4)13-18-9-6-5-7-10-18/h5-12,16-17,20-22H,13-15H2,1-4H3/t17?,20-,21?,22-/m0/s1. The second-order valence-corrected chi connectivity index (χ2v) is 8.05. The third kappa shape index (κ3) is 3.93. The van der Waals surface area contributed by atoms with Gasteiger partial charge in [-0.3, -0.25) is 9.69 Å². The van der Waals surface area contributed by atoms with Crippen LogP contribution >= 0.6 is 0 Å². The normalized spacial score (nSPS) is 29.0. The van der Waals surface area contributed by atoms with Gasteiger partial charge in [-0.2, -0.15) is 0 Å². The molecule has 1 saturated heterocycles. The summed E-state index contributed by atoms with van der Waals surface area (Å²) >= 11 is 0. The quantitative estimate of drug-likeness (QED) is 0.739. The summed E-state index contributed by atoms with van der Waals surface area (Å²) in [6, 6.07) is 10.5. The van der Waals surface area contributed by atoms with Crippen LogP contribution in [0.5, 0.6) is 0 Å². The van der Waals surface area contributed by atoms with Crippen LogP contribution in [0.2, 0.25) is 0 Å². The molecule has 0 aromatic heterocycles. The second-order valence-electron chi connectivity index (χ2n) is 8.05. The lowest BCUT2D eigenvalue weighted by atomic mass is 9.70. The van der Waals surface area contributed by atoms with E-state index in [1.807, 2.05) is 6.07 Å². The molecule has 1 aromatic carbocycles. The lowest BCUT2D eigenvalue weighted by molar-refractivity contribution is -0.146. The molecular formula is C23H31NO2. The van der Waals surface area contributed by atoms with Gasteiger partial charge in [-0.25, -0.2) is 0 Å². The van der Waals surface area contributed by atoms with E-state index in [0.717, 1.165) is 19.6 Å². The van der Waals surface area contributed by atoms with Crippen LogP contribution in [0.4, 0.5) is 0 Å². The number of likely N-dealkylation sites (tertiary alicyclic amines) is 1. The maximum atomic E-state index is 12.5. The Balaban J connectivity index is 1.79. The predicted molar refractivity (Wildman–Crippen MR) is 105 cm³/mol. The average molecular weight is 354 g/mol. The molecule has 26 heavy (non-hydrogen) atoms. The minimum atomic E-state index is -0.0631. The third-order valence-electron chi connectivity index (χ3n) is 6.08. The first-order chi connectivity index (χ1) is 12.5. The summed E-state index contributed by atoms with van der Waals surface area (Å²) in [7, 11) is 1.51. The van der Waals surface area contributed by atoms with E-state index in [1.165, 1.54) is 18.2 Å². The fraction of sp³-hybridized carbons (Fsp3) is 0.522. The van der Waals surface area contributed by atoms with E-state index in [0.29, 0.717) is 23.7 Å². The number of ether oxygens (including phenoxy) is 1. The van der Waals surface area contributed by atoms with E-state index in [-0.39, 0.29) is 11.9 Å². The number of benzene rings is 1. The van der Waals surface area contributed by atoms with Gasteiger partial charge in [0.2, 0.25) is 0 Å². The summed E-state index contributed by atoms with van der Waals surface area (Å²) in [5.41, 5.74) is 2.79. The van der Waals surface area contributed by atoms with Crippen LogP contribution in [-0.4, -0.2) is 31.1 Å². The molecule has 1 fully saturated rings. The van der Waals surface area contributed by atoms with Gasteiger partial charge in [-0.05, 0) is 29.2 Å². The van der Waals surface area contributed by atoms with Gasteiger partial charge in [-0.15, -0.1) is 0 Å². The molecule has 0 N–H and O–H groups in total. The largest absolute Gasteiger partial charge is 0.469 e. The van der Waals surface area contributed by atoms with E-state index in [2.05, 4.69) is 68.2 Å². The van der Waals surface area contributed by atoms with Crippen LogP contribution in [0.25, 0.3) is 0 Å². The summed E-state index contributed by atoms with van der Waals surface area (Å²) < 4.78 is 5.16. The predicted octanol–water partition coefficient (Wildman–Crippen LogP) is 4.31. The number of carbonyl (C=O) groups is 1. The highest BCUT2D eigenvalue weighted by Gasteiger charge is 2.44. The minimum Gasteiger partial charge on any atom is -0.469 e. The van der Waals surface area contributed by atoms with Gasteiger partial charge < -0.3 is 4.74 Å². The molecule has 3 rings (SSSR count). The summed E-state index contributed by atoms with van der Waals surface area (Å²) in [5.74, 6) is 1.59. The molecule has 1 aliphatic carbocycles. The molecule has 1 heterocycles. The van der Waals surface area contributed by atoms with Crippen molar-refractivity contribution in [2.75, 3.05) is 20.2 Å². The number of esters is 1. The van der Waals surface area contributed by atoms with E-state index in [9.17, 15) is 4.79 Å². The van der Waals surface area contributed by atoms with Gasteiger partial charge in [0.25, 0.3) is 0 Å². The summed E-state index contributed by atoms with van der Waals surface area (Å²) in [4.78, 5) is 14.9. The highest BCUT2D eigenvalue weighted by molar-refractivity contribution is 5.73. The number of nitrogens with zero attached hydrogens (tertiary/aromatic N) is 1. The average Bonchev–Trinajstić information content (AvgIpc) is 3.05. The number of hydrogen-bond acceptors (Lipinski definition) is 3. The van der Waals surface area contributed by atoms with Crippen molar-refractivity contribution in [2.45, 2.75) is 27.3 Å². The summed E-state index contributed by atoms with van der Waals surface area (Å²) in [5, 5.41) is 0. The van der Waals surface area contributed by atoms with Crippen molar-refractivity contribution in [3.63, 3.8) is 0 Å². The first kappa shape index (κ1) is 18.9. The van der Waals surface area contributed by atoms with Crippen LogP contribution in [-0.2, 0) is 16.1 Å². The molecule has 140 valence electrons. The molecule has 0 saturated carbocycles. The number of rotatable bonds is 5. The maximum absolute atomic E-state index is 12.5. The molecule has 2 aliphatic rings. The Morgan fingerprint density at radius 1 is 1.23 bits per heavy atom. The highest BCUT2D eigenvalue weighted by Crippen LogP contribution is 2.41. The maximum Gasteiger partial charge on any atom is 0.310 e. The topological polar surface area (TPSA) is 29.5 Å². The van der Waals surface area contributed by atoms with Gasteiger partial charge in [0.1, 0.15) is 0 Å². The zero-order valence-corrected chi connectivity index (χ0v) is 16.4. The number of carbonyl (C=O) groups excluding carboxylic acids is 1. The smallest absolute Gasteiger partial charge is 0.310 e. The van der Waals surface area contributed by atoms with Crippen molar-refractivity contribution in [2.24, 2.45) is 29.6 Å². The molecule has 2 unspecified atom stereocenters. The fourth-order valence-corrected chi connectivity index (χ4v) is 4.74. The van der Waals surface area contributed by atoms with Gasteiger partial charge in [0, 0.05) is 19.6 Å². The van der Waals surface area contributed by atoms with E-state index in [1.54, 1.807) is 0 Å². The van der Waals surface area contributed by atoms with Crippen LogP contribution in [0.3, 0.4) is 0 Å². The molecule has 0 amide bonds. The Kier molecular flexibility index (Phi) is 5.98. The van der Waals surface area contributed by atoms with E-state index >= 15 is 0 Å². The molecule has 1 aromatic rings. The van der Waals surface area contributed by atoms with Crippen LogP contribution in [0.15, 0.2) is 54.1 Å². The van der Waals surface area contributed by atoms with Crippen LogP contribution in [0, 0.1) is 29.6 Å². The van der Waals surface area contributed by atoms with Gasteiger partial charge in [-0.1, -0.05) is 74.9 Å². The van der Waals surface area contributed by atoms with E-state index < -0.39 is 0 Å². The molecular weight excluding hydrogens is 322 g/mol. The molecule has 0 radical (unpaired) electrons. The molecule has 0 spiro atoms. The minimum absolute atomic E-state index is 0.0488. The molecule has 3 nitrogen and oxygen atoms in total. The molecule has 3 heteroatoms. The van der Waals surface area contributed by atoms with Crippen molar-refractivity contribution in [3.05, 3.63) is 59.7 Å². The lowest BCUT2D eigenvalue weighted by Gasteiger charge is -2.34. The Hall–Kier alpha value is -1.87. The number of allylic oxidation sites excluding steroid dienone is 4. The Bertz CT molecular complexity index is 677. The Morgan fingerprint density at radius 2 is 1.96 bits per heavy atom. The van der Waals surface area contributed by atoms with Crippen LogP contribution in [0.1, 0.15) is 26.3 Å². The highest BCUT2D eigenvalue weighted by atomic mass is 16.5. The first-order valence-corrected chi connectivity index (χ1v) is 9.73. The number of hydrogen-bond donors (Lipinski definition) is 0.